The van der Waals surface area contributed by atoms with Gasteiger partial charge in [0.25, 0.3) is 0 Å². The van der Waals surface area contributed by atoms with Crippen LogP contribution >= 0.6 is 0 Å². The number of epoxide rings is 1. The third-order valence-corrected chi connectivity index (χ3v) is 7.42. The highest BCUT2D eigenvalue weighted by molar-refractivity contribution is 5.71. The minimum Gasteiger partial charge on any atom is -0.385 e. The summed E-state index contributed by atoms with van der Waals surface area (Å²) in [6.07, 6.45) is 4.93. The molecule has 1 aliphatic carbocycles. The van der Waals surface area contributed by atoms with E-state index < -0.39 is 23.1 Å². The van der Waals surface area contributed by atoms with E-state index in [0.717, 1.165) is 31.2 Å². The lowest BCUT2D eigenvalue weighted by molar-refractivity contribution is -0.0180. The summed E-state index contributed by atoms with van der Waals surface area (Å²) in [6, 6.07) is 15.0. The molecule has 0 aromatic heterocycles. The largest absolute Gasteiger partial charge is 0.385 e. The second-order valence-electron chi connectivity index (χ2n) is 9.69. The zero-order chi connectivity index (χ0) is 23.9. The number of halogens is 3. The van der Waals surface area contributed by atoms with E-state index in [4.69, 9.17) is 4.74 Å². The summed E-state index contributed by atoms with van der Waals surface area (Å²) in [7, 11) is 0. The molecule has 1 saturated carbocycles. The molecule has 34 heavy (non-hydrogen) atoms. The van der Waals surface area contributed by atoms with Gasteiger partial charge < -0.3 is 9.84 Å². The van der Waals surface area contributed by atoms with Crippen LogP contribution in [-0.2, 0) is 10.3 Å². The molecule has 1 N–H and O–H groups in total. The summed E-state index contributed by atoms with van der Waals surface area (Å²) in [5.74, 6) is -1.56. The monoisotopic (exact) mass is 466 g/mol. The molecule has 5 heteroatoms. The maximum atomic E-state index is 15.1. The highest BCUT2D eigenvalue weighted by Crippen LogP contribution is 2.42. The van der Waals surface area contributed by atoms with Crippen molar-refractivity contribution in [2.45, 2.75) is 57.2 Å². The molecule has 1 saturated heterocycles. The van der Waals surface area contributed by atoms with Gasteiger partial charge in [0.1, 0.15) is 11.9 Å². The molecule has 0 spiro atoms. The first-order valence-electron chi connectivity index (χ1n) is 12.1. The standard InChI is InChI=1S/C29H29F3O2/c1-2-3-18-12-14-29(33,15-13-18)24-11-8-21(16-25(24)30)19-4-6-20(7-5-19)22-9-10-23(26-17-34-26)28(32)27(22)31/h4-11,16,18,26,33H,2-3,12-15,17H2,1H3. The van der Waals surface area contributed by atoms with Gasteiger partial charge in [-0.1, -0.05) is 68.3 Å². The van der Waals surface area contributed by atoms with Crippen molar-refractivity contribution in [3.05, 3.63) is 83.2 Å². The Labute approximate surface area is 198 Å². The van der Waals surface area contributed by atoms with E-state index in [0.29, 0.717) is 42.1 Å². The lowest BCUT2D eigenvalue weighted by atomic mass is 9.74. The van der Waals surface area contributed by atoms with Crippen molar-refractivity contribution in [2.24, 2.45) is 5.92 Å². The molecule has 3 aromatic rings. The SMILES string of the molecule is CCCC1CCC(O)(c2ccc(-c3ccc(-c4ccc(C5CO5)c(F)c4F)cc3)cc2F)CC1. The van der Waals surface area contributed by atoms with E-state index in [9.17, 15) is 13.9 Å². The molecule has 3 aromatic carbocycles. The van der Waals surface area contributed by atoms with E-state index in [1.54, 1.807) is 42.5 Å². The first-order valence-corrected chi connectivity index (χ1v) is 12.1. The zero-order valence-electron chi connectivity index (χ0n) is 19.3. The van der Waals surface area contributed by atoms with Gasteiger partial charge in [-0.2, -0.15) is 0 Å². The van der Waals surface area contributed by atoms with Crippen LogP contribution in [0.25, 0.3) is 22.3 Å². The highest BCUT2D eigenvalue weighted by Gasteiger charge is 2.36. The third-order valence-electron chi connectivity index (χ3n) is 7.42. The minimum absolute atomic E-state index is 0.177. The number of hydrogen-bond donors (Lipinski definition) is 1. The van der Waals surface area contributed by atoms with E-state index in [1.165, 1.54) is 6.07 Å². The van der Waals surface area contributed by atoms with Gasteiger partial charge in [0.15, 0.2) is 11.6 Å². The fourth-order valence-electron chi connectivity index (χ4n) is 5.30. The van der Waals surface area contributed by atoms with Gasteiger partial charge in [-0.15, -0.1) is 0 Å². The number of rotatable bonds is 6. The van der Waals surface area contributed by atoms with Crippen LogP contribution < -0.4 is 0 Å². The molecule has 2 fully saturated rings. The van der Waals surface area contributed by atoms with Gasteiger partial charge in [0, 0.05) is 16.7 Å². The van der Waals surface area contributed by atoms with Crippen molar-refractivity contribution in [2.75, 3.05) is 6.61 Å². The molecule has 0 amide bonds. The van der Waals surface area contributed by atoms with Crippen molar-refractivity contribution in [1.29, 1.82) is 0 Å². The van der Waals surface area contributed by atoms with Crippen molar-refractivity contribution in [3.8, 4) is 22.3 Å². The van der Waals surface area contributed by atoms with Crippen molar-refractivity contribution in [1.82, 2.24) is 0 Å². The van der Waals surface area contributed by atoms with E-state index in [1.807, 2.05) is 6.07 Å². The fourth-order valence-corrected chi connectivity index (χ4v) is 5.30. The van der Waals surface area contributed by atoms with E-state index in [2.05, 4.69) is 6.92 Å². The summed E-state index contributed by atoms with van der Waals surface area (Å²) in [6.45, 7) is 2.58. The van der Waals surface area contributed by atoms with Crippen LogP contribution in [0.3, 0.4) is 0 Å². The Kier molecular flexibility index (Phi) is 6.26. The third kappa shape index (κ3) is 4.39. The molecular weight excluding hydrogens is 437 g/mol. The Morgan fingerprint density at radius 3 is 2.15 bits per heavy atom. The Morgan fingerprint density at radius 1 is 0.882 bits per heavy atom. The van der Waals surface area contributed by atoms with Crippen molar-refractivity contribution < 1.29 is 23.0 Å². The molecular formula is C29H29F3O2. The Morgan fingerprint density at radius 2 is 1.53 bits per heavy atom. The number of aliphatic hydroxyl groups is 1. The van der Waals surface area contributed by atoms with Gasteiger partial charge in [0.2, 0.25) is 0 Å². The van der Waals surface area contributed by atoms with Crippen LogP contribution in [0.4, 0.5) is 13.2 Å². The molecule has 0 bridgehead atoms. The zero-order valence-corrected chi connectivity index (χ0v) is 19.3. The minimum atomic E-state index is -1.12. The van der Waals surface area contributed by atoms with E-state index in [-0.39, 0.29) is 17.2 Å². The molecule has 2 aliphatic rings. The number of hydrogen-bond acceptors (Lipinski definition) is 2. The topological polar surface area (TPSA) is 32.8 Å². The van der Waals surface area contributed by atoms with Crippen LogP contribution in [-0.4, -0.2) is 11.7 Å². The fraction of sp³-hybridized carbons (Fsp3) is 0.379. The quantitative estimate of drug-likeness (QED) is 0.378. The molecule has 0 radical (unpaired) electrons. The van der Waals surface area contributed by atoms with Gasteiger partial charge in [-0.3, -0.25) is 0 Å². The molecule has 5 rings (SSSR count). The Bertz CT molecular complexity index is 1180. The smallest absolute Gasteiger partial charge is 0.167 e. The molecule has 2 nitrogen and oxygen atoms in total. The van der Waals surface area contributed by atoms with Gasteiger partial charge in [-0.05, 0) is 54.4 Å². The Hall–Kier alpha value is -2.63. The van der Waals surface area contributed by atoms with Crippen LogP contribution in [0.15, 0.2) is 54.6 Å². The average Bonchev–Trinajstić information content (AvgIpc) is 3.68. The molecule has 1 atom stereocenters. The predicted octanol–water partition coefficient (Wildman–Crippen LogP) is 7.69. The molecule has 1 aliphatic heterocycles. The summed E-state index contributed by atoms with van der Waals surface area (Å²) in [5, 5.41) is 11.1. The Balaban J connectivity index is 1.35. The summed E-state index contributed by atoms with van der Waals surface area (Å²) in [4.78, 5) is 0. The first kappa shape index (κ1) is 23.1. The van der Waals surface area contributed by atoms with Gasteiger partial charge in [-0.25, -0.2) is 13.2 Å². The summed E-state index contributed by atoms with van der Waals surface area (Å²) >= 11 is 0. The number of benzene rings is 3. The lowest BCUT2D eigenvalue weighted by Crippen LogP contribution is -2.32. The van der Waals surface area contributed by atoms with Crippen LogP contribution in [0, 0.1) is 23.4 Å². The lowest BCUT2D eigenvalue weighted by Gasteiger charge is -2.36. The maximum Gasteiger partial charge on any atom is 0.167 e. The van der Waals surface area contributed by atoms with Crippen molar-refractivity contribution in [3.63, 3.8) is 0 Å². The first-order chi connectivity index (χ1) is 16.4. The molecule has 178 valence electrons. The normalized spacial score (nSPS) is 24.3. The highest BCUT2D eigenvalue weighted by atomic mass is 19.2. The van der Waals surface area contributed by atoms with E-state index >= 15 is 4.39 Å². The summed E-state index contributed by atoms with van der Waals surface area (Å²) in [5.41, 5.74) is 1.64. The molecule has 1 unspecified atom stereocenters. The van der Waals surface area contributed by atoms with Crippen LogP contribution in [0.1, 0.15) is 62.7 Å². The van der Waals surface area contributed by atoms with Crippen molar-refractivity contribution >= 4 is 0 Å². The summed E-state index contributed by atoms with van der Waals surface area (Å²) < 4.78 is 49.2. The second kappa shape index (κ2) is 9.20. The van der Waals surface area contributed by atoms with Crippen LogP contribution in [0.5, 0.6) is 0 Å². The van der Waals surface area contributed by atoms with Crippen LogP contribution in [0.2, 0.25) is 0 Å². The predicted molar refractivity (Wildman–Crippen MR) is 127 cm³/mol. The number of ether oxygens (including phenoxy) is 1. The average molecular weight is 467 g/mol. The molecule has 1 heterocycles. The van der Waals surface area contributed by atoms with Gasteiger partial charge >= 0.3 is 0 Å². The maximum absolute atomic E-state index is 15.1. The van der Waals surface area contributed by atoms with Gasteiger partial charge in [0.05, 0.1) is 12.2 Å². The second-order valence-corrected chi connectivity index (χ2v) is 9.69.